The molecule has 0 bridgehead atoms. The maximum Gasteiger partial charge on any atom is 0.338 e. The Labute approximate surface area is 149 Å². The number of carbonyl (C=O) groups is 2. The Morgan fingerprint density at radius 1 is 1.46 bits per heavy atom. The zero-order chi connectivity index (χ0) is 17.4. The first-order valence-electron chi connectivity index (χ1n) is 7.89. The third kappa shape index (κ3) is 3.02. The van der Waals surface area contributed by atoms with Gasteiger partial charge in [-0.3, -0.25) is 9.69 Å². The lowest BCUT2D eigenvalue weighted by Gasteiger charge is -2.32. The van der Waals surface area contributed by atoms with Crippen LogP contribution in [0.1, 0.15) is 38.6 Å². The molecule has 3 rings (SSSR count). The molecule has 1 amide bonds. The minimum Gasteiger partial charge on any atom is -0.462 e. The number of amides is 1. The van der Waals surface area contributed by atoms with Gasteiger partial charge in [0.25, 0.3) is 0 Å². The van der Waals surface area contributed by atoms with E-state index in [0.717, 1.165) is 4.88 Å². The predicted octanol–water partition coefficient (Wildman–Crippen LogP) is 3.60. The summed E-state index contributed by atoms with van der Waals surface area (Å²) < 4.78 is 5.45. The van der Waals surface area contributed by atoms with Crippen molar-refractivity contribution in [1.29, 1.82) is 0 Å². The fourth-order valence-electron chi connectivity index (χ4n) is 2.70. The number of ether oxygens (including phenoxy) is 1. The number of esters is 1. The van der Waals surface area contributed by atoms with Gasteiger partial charge in [0.1, 0.15) is 6.04 Å². The number of nitrogens with zero attached hydrogens (tertiary/aromatic N) is 2. The normalized spacial score (nSPS) is 23.6. The van der Waals surface area contributed by atoms with Crippen LogP contribution in [-0.4, -0.2) is 33.8 Å². The fraction of sp³-hybridized carbons (Fsp3) is 0.471. The van der Waals surface area contributed by atoms with E-state index >= 15 is 0 Å². The molecule has 128 valence electrons. The van der Waals surface area contributed by atoms with E-state index < -0.39 is 6.04 Å². The molecular formula is C17H20N2O3S2. The zero-order valence-corrected chi connectivity index (χ0v) is 15.7. The van der Waals surface area contributed by atoms with Crippen molar-refractivity contribution in [3.8, 4) is 0 Å². The summed E-state index contributed by atoms with van der Waals surface area (Å²) in [7, 11) is 0. The molecule has 1 saturated heterocycles. The Kier molecular flexibility index (Phi) is 4.83. The number of amidine groups is 1. The Hall–Kier alpha value is -1.60. The Morgan fingerprint density at radius 3 is 2.83 bits per heavy atom. The molecule has 2 aliphatic heterocycles. The van der Waals surface area contributed by atoms with Crippen LogP contribution in [0.3, 0.4) is 0 Å². The van der Waals surface area contributed by atoms with E-state index in [1.165, 1.54) is 23.1 Å². The second-order valence-electron chi connectivity index (χ2n) is 6.27. The molecule has 0 N–H and O–H groups in total. The van der Waals surface area contributed by atoms with Gasteiger partial charge < -0.3 is 4.74 Å². The Bertz CT molecular complexity index is 722. The first kappa shape index (κ1) is 17.2. The van der Waals surface area contributed by atoms with Crippen LogP contribution in [0.2, 0.25) is 0 Å². The van der Waals surface area contributed by atoms with E-state index in [9.17, 15) is 9.59 Å². The van der Waals surface area contributed by atoms with Crippen LogP contribution in [0.4, 0.5) is 0 Å². The van der Waals surface area contributed by atoms with Crippen LogP contribution in [0.15, 0.2) is 33.8 Å². The lowest BCUT2D eigenvalue weighted by molar-refractivity contribution is -0.141. The van der Waals surface area contributed by atoms with Crippen LogP contribution < -0.4 is 0 Å². The average molecular weight is 364 g/mol. The standard InChI is InChI=1S/C17H20N2O3S2/c1-9(2)8-22-16(21)13-10(3)18-17-19(15(20)11(4)24-17)14(13)12-6-5-7-23-12/h5-7,9,11,14H,8H2,1-4H3/t11-,14-/m1/s1. The van der Waals surface area contributed by atoms with Gasteiger partial charge in [0.15, 0.2) is 5.17 Å². The molecular weight excluding hydrogens is 344 g/mol. The maximum absolute atomic E-state index is 12.7. The monoisotopic (exact) mass is 364 g/mol. The highest BCUT2D eigenvalue weighted by Crippen LogP contribution is 2.44. The number of thiophene rings is 1. The van der Waals surface area contributed by atoms with Crippen LogP contribution in [0.5, 0.6) is 0 Å². The second kappa shape index (κ2) is 6.72. The molecule has 0 saturated carbocycles. The van der Waals surface area contributed by atoms with Crippen molar-refractivity contribution in [2.75, 3.05) is 6.61 Å². The van der Waals surface area contributed by atoms with E-state index in [1.807, 2.05) is 45.2 Å². The summed E-state index contributed by atoms with van der Waals surface area (Å²) in [6, 6.07) is 3.43. The van der Waals surface area contributed by atoms with Gasteiger partial charge in [-0.05, 0) is 31.2 Å². The number of allylic oxidation sites excluding steroid dienone is 1. The van der Waals surface area contributed by atoms with Crippen molar-refractivity contribution < 1.29 is 14.3 Å². The molecule has 2 atom stereocenters. The van der Waals surface area contributed by atoms with E-state index in [4.69, 9.17) is 4.74 Å². The largest absolute Gasteiger partial charge is 0.462 e. The minimum atomic E-state index is -0.442. The molecule has 0 aromatic carbocycles. The topological polar surface area (TPSA) is 59.0 Å². The molecule has 0 radical (unpaired) electrons. The molecule has 24 heavy (non-hydrogen) atoms. The lowest BCUT2D eigenvalue weighted by atomic mass is 10.00. The second-order valence-corrected chi connectivity index (χ2v) is 8.56. The minimum absolute atomic E-state index is 0.0150. The third-order valence-electron chi connectivity index (χ3n) is 3.84. The summed E-state index contributed by atoms with van der Waals surface area (Å²) in [5.74, 6) is -0.153. The summed E-state index contributed by atoms with van der Waals surface area (Å²) in [6.45, 7) is 8.01. The molecule has 3 heterocycles. The van der Waals surface area contributed by atoms with Gasteiger partial charge in [0.2, 0.25) is 5.91 Å². The SMILES string of the molecule is CC1=C(C(=O)OCC(C)C)[C@@H](c2cccs2)N2C(=O)[C@@H](C)SC2=N1. The summed E-state index contributed by atoms with van der Waals surface area (Å²) in [6.07, 6.45) is 0. The third-order valence-corrected chi connectivity index (χ3v) is 5.82. The van der Waals surface area contributed by atoms with Crippen molar-refractivity contribution in [2.45, 2.75) is 39.0 Å². The zero-order valence-electron chi connectivity index (χ0n) is 14.1. The maximum atomic E-state index is 12.7. The van der Waals surface area contributed by atoms with E-state index in [1.54, 1.807) is 4.90 Å². The van der Waals surface area contributed by atoms with Gasteiger partial charge >= 0.3 is 5.97 Å². The summed E-state index contributed by atoms with van der Waals surface area (Å²) >= 11 is 2.97. The molecule has 2 aliphatic rings. The van der Waals surface area contributed by atoms with E-state index in [-0.39, 0.29) is 23.0 Å². The molecule has 7 heteroatoms. The van der Waals surface area contributed by atoms with Gasteiger partial charge in [-0.2, -0.15) is 0 Å². The number of hydrogen-bond donors (Lipinski definition) is 0. The van der Waals surface area contributed by atoms with Crippen molar-refractivity contribution >= 4 is 40.1 Å². The molecule has 0 spiro atoms. The number of carbonyl (C=O) groups excluding carboxylic acids is 2. The molecule has 1 aromatic heterocycles. The lowest BCUT2D eigenvalue weighted by Crippen LogP contribution is -2.40. The van der Waals surface area contributed by atoms with Gasteiger partial charge in [0.05, 0.1) is 23.1 Å². The van der Waals surface area contributed by atoms with Crippen LogP contribution in [-0.2, 0) is 14.3 Å². The number of hydrogen-bond acceptors (Lipinski definition) is 6. The van der Waals surface area contributed by atoms with Crippen molar-refractivity contribution in [3.05, 3.63) is 33.7 Å². The first-order valence-corrected chi connectivity index (χ1v) is 9.65. The van der Waals surface area contributed by atoms with Crippen LogP contribution >= 0.6 is 23.1 Å². The van der Waals surface area contributed by atoms with Crippen molar-refractivity contribution in [1.82, 2.24) is 4.90 Å². The highest BCUT2D eigenvalue weighted by atomic mass is 32.2. The number of aliphatic imine (C=N–C) groups is 1. The number of fused-ring (bicyclic) bond motifs is 1. The van der Waals surface area contributed by atoms with Gasteiger partial charge in [-0.15, -0.1) is 11.3 Å². The number of rotatable bonds is 4. The molecule has 0 unspecified atom stereocenters. The predicted molar refractivity (Wildman–Crippen MR) is 96.9 cm³/mol. The van der Waals surface area contributed by atoms with E-state index in [0.29, 0.717) is 23.0 Å². The van der Waals surface area contributed by atoms with E-state index in [2.05, 4.69) is 4.99 Å². The average Bonchev–Trinajstić information content (AvgIpc) is 3.13. The first-order chi connectivity index (χ1) is 11.4. The van der Waals surface area contributed by atoms with Gasteiger partial charge in [-0.1, -0.05) is 31.7 Å². The summed E-state index contributed by atoms with van der Waals surface area (Å²) in [5.41, 5.74) is 1.09. The number of thioether (sulfide) groups is 1. The van der Waals surface area contributed by atoms with Crippen molar-refractivity contribution in [3.63, 3.8) is 0 Å². The molecule has 0 aliphatic carbocycles. The molecule has 1 aromatic rings. The quantitative estimate of drug-likeness (QED) is 0.766. The van der Waals surface area contributed by atoms with Crippen molar-refractivity contribution in [2.24, 2.45) is 10.9 Å². The fourth-order valence-corrected chi connectivity index (χ4v) is 4.55. The highest BCUT2D eigenvalue weighted by molar-refractivity contribution is 8.15. The van der Waals surface area contributed by atoms with Crippen LogP contribution in [0, 0.1) is 5.92 Å². The molecule has 1 fully saturated rings. The summed E-state index contributed by atoms with van der Waals surface area (Å²) in [5, 5.41) is 2.43. The van der Waals surface area contributed by atoms with Gasteiger partial charge in [-0.25, -0.2) is 9.79 Å². The summed E-state index contributed by atoms with van der Waals surface area (Å²) in [4.78, 5) is 32.4. The Morgan fingerprint density at radius 2 is 2.21 bits per heavy atom. The smallest absolute Gasteiger partial charge is 0.338 e. The molecule has 5 nitrogen and oxygen atoms in total. The van der Waals surface area contributed by atoms with Gasteiger partial charge in [0, 0.05) is 4.88 Å². The van der Waals surface area contributed by atoms with Crippen LogP contribution in [0.25, 0.3) is 0 Å². The Balaban J connectivity index is 2.03. The highest BCUT2D eigenvalue weighted by Gasteiger charge is 2.46.